The van der Waals surface area contributed by atoms with E-state index >= 15 is 0 Å². The van der Waals surface area contributed by atoms with Crippen LogP contribution in [0.1, 0.15) is 26.2 Å². The van der Waals surface area contributed by atoms with Gasteiger partial charge in [0, 0.05) is 0 Å². The molecule has 1 saturated heterocycles. The van der Waals surface area contributed by atoms with Gasteiger partial charge < -0.3 is 21.5 Å². The first-order valence-corrected chi connectivity index (χ1v) is 5.43. The standard InChI is InChI=1S/C10H21N3O2/c1-10(15)6-13(7-10)9(14)8(12)4-2-3-5-11/h8,15H,2-7,11-12H2,1H3. The Bertz CT molecular complexity index is 223. The van der Waals surface area contributed by atoms with Crippen LogP contribution in [0, 0.1) is 0 Å². The molecule has 1 aliphatic rings. The van der Waals surface area contributed by atoms with E-state index < -0.39 is 11.6 Å². The van der Waals surface area contributed by atoms with E-state index in [0.717, 1.165) is 12.8 Å². The number of nitrogens with two attached hydrogens (primary N) is 2. The van der Waals surface area contributed by atoms with Crippen molar-refractivity contribution in [1.29, 1.82) is 0 Å². The number of carbonyl (C=O) groups is 1. The molecule has 5 nitrogen and oxygen atoms in total. The lowest BCUT2D eigenvalue weighted by Crippen LogP contribution is -2.64. The number of unbranched alkanes of at least 4 members (excludes halogenated alkanes) is 1. The Hall–Kier alpha value is -0.650. The third kappa shape index (κ3) is 3.44. The van der Waals surface area contributed by atoms with Gasteiger partial charge in [0.05, 0.1) is 24.7 Å². The van der Waals surface area contributed by atoms with Gasteiger partial charge in [-0.25, -0.2) is 0 Å². The summed E-state index contributed by atoms with van der Waals surface area (Å²) in [5, 5.41) is 9.48. The molecule has 1 atom stereocenters. The lowest BCUT2D eigenvalue weighted by molar-refractivity contribution is -0.153. The lowest BCUT2D eigenvalue weighted by Gasteiger charge is -2.45. The monoisotopic (exact) mass is 215 g/mol. The number of hydrogen-bond acceptors (Lipinski definition) is 4. The molecule has 1 heterocycles. The summed E-state index contributed by atoms with van der Waals surface area (Å²) in [5.74, 6) is -0.0569. The van der Waals surface area contributed by atoms with Crippen LogP contribution >= 0.6 is 0 Å². The topological polar surface area (TPSA) is 92.6 Å². The second-order valence-electron chi connectivity index (χ2n) is 4.58. The van der Waals surface area contributed by atoms with Crippen molar-refractivity contribution in [2.24, 2.45) is 11.5 Å². The largest absolute Gasteiger partial charge is 0.386 e. The fourth-order valence-electron chi connectivity index (χ4n) is 1.80. The molecule has 88 valence electrons. The summed E-state index contributed by atoms with van der Waals surface area (Å²) in [6.45, 7) is 3.16. The molecule has 0 bridgehead atoms. The SMILES string of the molecule is CC1(O)CN(C(=O)C(N)CCCCN)C1. The van der Waals surface area contributed by atoms with E-state index in [2.05, 4.69) is 0 Å². The van der Waals surface area contributed by atoms with Gasteiger partial charge in [0.15, 0.2) is 0 Å². The van der Waals surface area contributed by atoms with Crippen molar-refractivity contribution in [3.63, 3.8) is 0 Å². The first kappa shape index (κ1) is 12.4. The van der Waals surface area contributed by atoms with E-state index in [-0.39, 0.29) is 5.91 Å². The number of β-amino-alcohol motifs (C(OH)–C–C–N with tert-alkyl or cyclic N) is 1. The van der Waals surface area contributed by atoms with Gasteiger partial charge in [-0.15, -0.1) is 0 Å². The van der Waals surface area contributed by atoms with Crippen LogP contribution in [0.2, 0.25) is 0 Å². The molecular formula is C10H21N3O2. The fourth-order valence-corrected chi connectivity index (χ4v) is 1.80. The maximum atomic E-state index is 11.7. The third-order valence-corrected chi connectivity index (χ3v) is 2.66. The van der Waals surface area contributed by atoms with Gasteiger partial charge in [-0.3, -0.25) is 4.79 Å². The van der Waals surface area contributed by atoms with Crippen LogP contribution in [0.25, 0.3) is 0 Å². The molecular weight excluding hydrogens is 194 g/mol. The van der Waals surface area contributed by atoms with Gasteiger partial charge in [0.1, 0.15) is 0 Å². The van der Waals surface area contributed by atoms with Crippen LogP contribution in [0.15, 0.2) is 0 Å². The molecule has 1 aliphatic heterocycles. The molecule has 15 heavy (non-hydrogen) atoms. The van der Waals surface area contributed by atoms with E-state index in [0.29, 0.717) is 26.1 Å². The number of carbonyl (C=O) groups excluding carboxylic acids is 1. The molecule has 0 radical (unpaired) electrons. The fraction of sp³-hybridized carbons (Fsp3) is 0.900. The van der Waals surface area contributed by atoms with Crippen LogP contribution < -0.4 is 11.5 Å². The van der Waals surface area contributed by atoms with Gasteiger partial charge in [-0.2, -0.15) is 0 Å². The molecule has 0 aromatic carbocycles. The molecule has 5 heteroatoms. The molecule has 1 fully saturated rings. The maximum absolute atomic E-state index is 11.7. The molecule has 1 rings (SSSR count). The van der Waals surface area contributed by atoms with Crippen molar-refractivity contribution in [2.75, 3.05) is 19.6 Å². The first-order valence-electron chi connectivity index (χ1n) is 5.43. The zero-order valence-electron chi connectivity index (χ0n) is 9.28. The highest BCUT2D eigenvalue weighted by Crippen LogP contribution is 2.20. The number of aliphatic hydroxyl groups is 1. The highest BCUT2D eigenvalue weighted by molar-refractivity contribution is 5.82. The van der Waals surface area contributed by atoms with Crippen LogP contribution in [0.3, 0.4) is 0 Å². The van der Waals surface area contributed by atoms with Crippen LogP contribution in [0.4, 0.5) is 0 Å². The molecule has 0 aliphatic carbocycles. The maximum Gasteiger partial charge on any atom is 0.239 e. The minimum atomic E-state index is -0.716. The summed E-state index contributed by atoms with van der Waals surface area (Å²) >= 11 is 0. The highest BCUT2D eigenvalue weighted by Gasteiger charge is 2.40. The second kappa shape index (κ2) is 4.92. The van der Waals surface area contributed by atoms with Crippen molar-refractivity contribution in [3.8, 4) is 0 Å². The van der Waals surface area contributed by atoms with Crippen LogP contribution in [0.5, 0.6) is 0 Å². The Morgan fingerprint density at radius 3 is 2.60 bits per heavy atom. The van der Waals surface area contributed by atoms with Crippen molar-refractivity contribution in [2.45, 2.75) is 37.8 Å². The zero-order chi connectivity index (χ0) is 11.5. The van der Waals surface area contributed by atoms with Crippen LogP contribution in [-0.4, -0.2) is 47.2 Å². The average molecular weight is 215 g/mol. The summed E-state index contributed by atoms with van der Waals surface area (Å²) in [7, 11) is 0. The summed E-state index contributed by atoms with van der Waals surface area (Å²) in [6, 6.07) is -0.437. The van der Waals surface area contributed by atoms with Gasteiger partial charge >= 0.3 is 0 Å². The summed E-state index contributed by atoms with van der Waals surface area (Å²) in [6.07, 6.45) is 2.46. The minimum absolute atomic E-state index is 0.0569. The van der Waals surface area contributed by atoms with Gasteiger partial charge in [0.25, 0.3) is 0 Å². The van der Waals surface area contributed by atoms with E-state index in [9.17, 15) is 9.90 Å². The van der Waals surface area contributed by atoms with Crippen molar-refractivity contribution in [3.05, 3.63) is 0 Å². The summed E-state index contributed by atoms with van der Waals surface area (Å²) < 4.78 is 0. The predicted octanol–water partition coefficient (Wildman–Crippen LogP) is -0.964. The third-order valence-electron chi connectivity index (χ3n) is 2.66. The number of hydrogen-bond donors (Lipinski definition) is 3. The number of nitrogens with zero attached hydrogens (tertiary/aromatic N) is 1. The molecule has 0 spiro atoms. The van der Waals surface area contributed by atoms with Gasteiger partial charge in [-0.1, -0.05) is 6.42 Å². The zero-order valence-corrected chi connectivity index (χ0v) is 9.28. The smallest absolute Gasteiger partial charge is 0.239 e. The Morgan fingerprint density at radius 1 is 1.53 bits per heavy atom. The Labute approximate surface area is 90.4 Å². The predicted molar refractivity (Wildman–Crippen MR) is 58.1 cm³/mol. The van der Waals surface area contributed by atoms with E-state index in [1.165, 1.54) is 0 Å². The first-order chi connectivity index (χ1) is 6.96. The summed E-state index contributed by atoms with van der Waals surface area (Å²) in [5.41, 5.74) is 10.4. The molecule has 5 N–H and O–H groups in total. The normalized spacial score (nSPS) is 20.9. The number of likely N-dealkylation sites (tertiary alicyclic amines) is 1. The van der Waals surface area contributed by atoms with Crippen molar-refractivity contribution >= 4 is 5.91 Å². The molecule has 0 aromatic rings. The van der Waals surface area contributed by atoms with E-state index in [1.807, 2.05) is 0 Å². The molecule has 1 amide bonds. The summed E-state index contributed by atoms with van der Waals surface area (Å²) in [4.78, 5) is 13.3. The average Bonchev–Trinajstić information content (AvgIpc) is 2.13. The molecule has 1 unspecified atom stereocenters. The molecule has 0 saturated carbocycles. The Kier molecular flexibility index (Phi) is 4.07. The van der Waals surface area contributed by atoms with Crippen LogP contribution in [-0.2, 0) is 4.79 Å². The number of rotatable bonds is 5. The quantitative estimate of drug-likeness (QED) is 0.515. The minimum Gasteiger partial charge on any atom is -0.386 e. The highest BCUT2D eigenvalue weighted by atomic mass is 16.3. The van der Waals surface area contributed by atoms with Crippen molar-refractivity contribution in [1.82, 2.24) is 4.90 Å². The van der Waals surface area contributed by atoms with Gasteiger partial charge in [-0.05, 0) is 26.3 Å². The van der Waals surface area contributed by atoms with E-state index in [1.54, 1.807) is 11.8 Å². The Morgan fingerprint density at radius 2 is 2.13 bits per heavy atom. The lowest BCUT2D eigenvalue weighted by atomic mass is 9.95. The Balaban J connectivity index is 2.23. The molecule has 0 aromatic heterocycles. The second-order valence-corrected chi connectivity index (χ2v) is 4.58. The van der Waals surface area contributed by atoms with E-state index in [4.69, 9.17) is 11.5 Å². The van der Waals surface area contributed by atoms with Crippen molar-refractivity contribution < 1.29 is 9.90 Å². The van der Waals surface area contributed by atoms with Gasteiger partial charge in [0.2, 0.25) is 5.91 Å². The number of amides is 1.